The first kappa shape index (κ1) is 15.0. The highest BCUT2D eigenvalue weighted by atomic mass is 16.2. The number of anilines is 1. The number of nitrogens with one attached hydrogen (secondary N) is 1. The summed E-state index contributed by atoms with van der Waals surface area (Å²) in [4.78, 5) is 14.5. The van der Waals surface area contributed by atoms with Gasteiger partial charge in [0.15, 0.2) is 0 Å². The van der Waals surface area contributed by atoms with Crippen LogP contribution in [-0.4, -0.2) is 29.9 Å². The molecule has 3 N–H and O–H groups in total. The standard InChI is InChI=1S/C16H25N3O/c1-12(2)15(17)16(20)18-14-8-4-3-7-13(14)11-19-9-5-6-10-19/h3-4,7-8,12,15H,5-6,9-11,17H2,1-2H3,(H,18,20). The summed E-state index contributed by atoms with van der Waals surface area (Å²) in [6.07, 6.45) is 2.54. The first-order valence-electron chi connectivity index (χ1n) is 7.44. The van der Waals surface area contributed by atoms with Gasteiger partial charge in [0.25, 0.3) is 0 Å². The molecule has 1 heterocycles. The monoisotopic (exact) mass is 275 g/mol. The van der Waals surface area contributed by atoms with Crippen molar-refractivity contribution in [1.29, 1.82) is 0 Å². The third kappa shape index (κ3) is 3.81. The van der Waals surface area contributed by atoms with Gasteiger partial charge in [-0.3, -0.25) is 9.69 Å². The average Bonchev–Trinajstić information content (AvgIpc) is 2.92. The van der Waals surface area contributed by atoms with Crippen molar-refractivity contribution in [2.75, 3.05) is 18.4 Å². The van der Waals surface area contributed by atoms with Crippen LogP contribution in [0.3, 0.4) is 0 Å². The molecule has 0 bridgehead atoms. The average molecular weight is 275 g/mol. The lowest BCUT2D eigenvalue weighted by atomic mass is 10.0. The normalized spacial score (nSPS) is 17.4. The second kappa shape index (κ2) is 6.86. The Kier molecular flexibility index (Phi) is 5.15. The predicted octanol–water partition coefficient (Wildman–Crippen LogP) is 2.20. The maximum Gasteiger partial charge on any atom is 0.241 e. The van der Waals surface area contributed by atoms with Crippen LogP contribution in [0.15, 0.2) is 24.3 Å². The molecule has 1 aliphatic rings. The van der Waals surface area contributed by atoms with Crippen LogP contribution in [0.4, 0.5) is 5.69 Å². The Morgan fingerprint density at radius 1 is 1.30 bits per heavy atom. The molecule has 0 spiro atoms. The van der Waals surface area contributed by atoms with E-state index in [1.54, 1.807) is 0 Å². The summed E-state index contributed by atoms with van der Waals surface area (Å²) in [5, 5.41) is 2.97. The molecular formula is C16H25N3O. The Balaban J connectivity index is 2.05. The lowest BCUT2D eigenvalue weighted by Crippen LogP contribution is -2.40. The molecule has 0 aromatic heterocycles. The van der Waals surface area contributed by atoms with Gasteiger partial charge in [-0.1, -0.05) is 32.0 Å². The molecule has 1 amide bonds. The van der Waals surface area contributed by atoms with Crippen LogP contribution in [0.25, 0.3) is 0 Å². The van der Waals surface area contributed by atoms with Gasteiger partial charge in [-0.15, -0.1) is 0 Å². The van der Waals surface area contributed by atoms with Crippen molar-refractivity contribution in [2.45, 2.75) is 39.3 Å². The van der Waals surface area contributed by atoms with Crippen LogP contribution < -0.4 is 11.1 Å². The lowest BCUT2D eigenvalue weighted by molar-refractivity contribution is -0.118. The highest BCUT2D eigenvalue weighted by Crippen LogP contribution is 2.20. The van der Waals surface area contributed by atoms with Gasteiger partial charge in [0.1, 0.15) is 0 Å². The zero-order chi connectivity index (χ0) is 14.5. The molecule has 0 radical (unpaired) electrons. The molecule has 4 heteroatoms. The van der Waals surface area contributed by atoms with Gasteiger partial charge < -0.3 is 11.1 Å². The SMILES string of the molecule is CC(C)C(N)C(=O)Nc1ccccc1CN1CCCC1. The molecule has 1 fully saturated rings. The van der Waals surface area contributed by atoms with Gasteiger partial charge in [-0.2, -0.15) is 0 Å². The van der Waals surface area contributed by atoms with E-state index in [0.717, 1.165) is 25.3 Å². The van der Waals surface area contributed by atoms with Crippen LogP contribution in [0.5, 0.6) is 0 Å². The fourth-order valence-electron chi connectivity index (χ4n) is 2.48. The fraction of sp³-hybridized carbons (Fsp3) is 0.562. The first-order valence-corrected chi connectivity index (χ1v) is 7.44. The Morgan fingerprint density at radius 3 is 2.60 bits per heavy atom. The van der Waals surface area contributed by atoms with Crippen LogP contribution in [-0.2, 0) is 11.3 Å². The molecule has 110 valence electrons. The number of para-hydroxylation sites is 1. The number of likely N-dealkylation sites (tertiary alicyclic amines) is 1. The summed E-state index contributed by atoms with van der Waals surface area (Å²) in [6, 6.07) is 7.54. The molecule has 0 aliphatic carbocycles. The molecule has 1 saturated heterocycles. The third-order valence-corrected chi connectivity index (χ3v) is 3.89. The second-order valence-corrected chi connectivity index (χ2v) is 5.90. The van der Waals surface area contributed by atoms with E-state index in [0.29, 0.717) is 0 Å². The molecule has 1 aromatic rings. The first-order chi connectivity index (χ1) is 9.58. The second-order valence-electron chi connectivity index (χ2n) is 5.90. The van der Waals surface area contributed by atoms with Crippen molar-refractivity contribution < 1.29 is 4.79 Å². The number of carbonyl (C=O) groups is 1. The van der Waals surface area contributed by atoms with E-state index in [2.05, 4.69) is 16.3 Å². The van der Waals surface area contributed by atoms with Gasteiger partial charge in [0.05, 0.1) is 6.04 Å². The Morgan fingerprint density at radius 2 is 1.95 bits per heavy atom. The van der Waals surface area contributed by atoms with Crippen LogP contribution >= 0.6 is 0 Å². The summed E-state index contributed by atoms with van der Waals surface area (Å²) in [5.74, 6) is 0.0367. The highest BCUT2D eigenvalue weighted by Gasteiger charge is 2.19. The topological polar surface area (TPSA) is 58.4 Å². The van der Waals surface area contributed by atoms with Gasteiger partial charge in [-0.05, 0) is 43.5 Å². The number of carbonyl (C=O) groups excluding carboxylic acids is 1. The predicted molar refractivity (Wildman–Crippen MR) is 82.4 cm³/mol. The number of benzene rings is 1. The molecule has 1 aromatic carbocycles. The van der Waals surface area contributed by atoms with E-state index < -0.39 is 6.04 Å². The zero-order valence-corrected chi connectivity index (χ0v) is 12.4. The summed E-state index contributed by atoms with van der Waals surface area (Å²) < 4.78 is 0. The zero-order valence-electron chi connectivity index (χ0n) is 12.4. The molecule has 1 aliphatic heterocycles. The third-order valence-electron chi connectivity index (χ3n) is 3.89. The quantitative estimate of drug-likeness (QED) is 0.866. The number of rotatable bonds is 5. The van der Waals surface area contributed by atoms with E-state index in [1.165, 1.54) is 18.4 Å². The van der Waals surface area contributed by atoms with Crippen molar-refractivity contribution in [3.8, 4) is 0 Å². The van der Waals surface area contributed by atoms with Gasteiger partial charge in [0.2, 0.25) is 5.91 Å². The maximum absolute atomic E-state index is 12.1. The smallest absolute Gasteiger partial charge is 0.241 e. The van der Waals surface area contributed by atoms with Gasteiger partial charge >= 0.3 is 0 Å². The van der Waals surface area contributed by atoms with Gasteiger partial charge in [-0.25, -0.2) is 0 Å². The van der Waals surface area contributed by atoms with Crippen molar-refractivity contribution >= 4 is 11.6 Å². The molecule has 20 heavy (non-hydrogen) atoms. The van der Waals surface area contributed by atoms with E-state index in [9.17, 15) is 4.79 Å². The molecule has 1 atom stereocenters. The van der Waals surface area contributed by atoms with Gasteiger partial charge in [0, 0.05) is 12.2 Å². The molecule has 0 saturated carbocycles. The maximum atomic E-state index is 12.1. The number of nitrogens with zero attached hydrogens (tertiary/aromatic N) is 1. The number of nitrogens with two attached hydrogens (primary N) is 1. The van der Waals surface area contributed by atoms with Crippen molar-refractivity contribution in [3.05, 3.63) is 29.8 Å². The Labute approximate surface area is 121 Å². The highest BCUT2D eigenvalue weighted by molar-refractivity contribution is 5.95. The van der Waals surface area contributed by atoms with E-state index >= 15 is 0 Å². The Hall–Kier alpha value is -1.39. The van der Waals surface area contributed by atoms with E-state index in [-0.39, 0.29) is 11.8 Å². The minimum Gasteiger partial charge on any atom is -0.324 e. The van der Waals surface area contributed by atoms with Crippen LogP contribution in [0.2, 0.25) is 0 Å². The molecule has 2 rings (SSSR count). The fourth-order valence-corrected chi connectivity index (χ4v) is 2.48. The molecular weight excluding hydrogens is 250 g/mol. The largest absolute Gasteiger partial charge is 0.324 e. The van der Waals surface area contributed by atoms with E-state index in [1.807, 2.05) is 32.0 Å². The minimum atomic E-state index is -0.463. The van der Waals surface area contributed by atoms with Crippen molar-refractivity contribution in [1.82, 2.24) is 4.90 Å². The minimum absolute atomic E-state index is 0.103. The molecule has 4 nitrogen and oxygen atoms in total. The number of amides is 1. The van der Waals surface area contributed by atoms with Crippen LogP contribution in [0, 0.1) is 5.92 Å². The Bertz CT molecular complexity index is 453. The summed E-state index contributed by atoms with van der Waals surface area (Å²) in [6.45, 7) is 7.11. The van der Waals surface area contributed by atoms with Crippen LogP contribution in [0.1, 0.15) is 32.3 Å². The van der Waals surface area contributed by atoms with Crippen molar-refractivity contribution in [3.63, 3.8) is 0 Å². The van der Waals surface area contributed by atoms with E-state index in [4.69, 9.17) is 5.73 Å². The number of hydrogen-bond donors (Lipinski definition) is 2. The molecule has 1 unspecified atom stereocenters. The summed E-state index contributed by atoms with van der Waals surface area (Å²) >= 11 is 0. The number of hydrogen-bond acceptors (Lipinski definition) is 3. The summed E-state index contributed by atoms with van der Waals surface area (Å²) in [5.41, 5.74) is 7.95. The van der Waals surface area contributed by atoms with Crippen molar-refractivity contribution in [2.24, 2.45) is 11.7 Å². The summed E-state index contributed by atoms with van der Waals surface area (Å²) in [7, 11) is 0. The lowest BCUT2D eigenvalue weighted by Gasteiger charge is -2.20.